The maximum atomic E-state index is 9.84. The second kappa shape index (κ2) is 4.52. The molecule has 1 aliphatic rings. The third kappa shape index (κ3) is 2.17. The van der Waals surface area contributed by atoms with Crippen molar-refractivity contribution in [2.45, 2.75) is 31.8 Å². The maximum Gasteiger partial charge on any atom is 0.0802 e. The van der Waals surface area contributed by atoms with Gasteiger partial charge in [0.25, 0.3) is 0 Å². The van der Waals surface area contributed by atoms with Gasteiger partial charge in [-0.1, -0.05) is 17.7 Å². The van der Waals surface area contributed by atoms with Gasteiger partial charge in [0, 0.05) is 5.02 Å². The molecular weight excluding hydrogens is 210 g/mol. The van der Waals surface area contributed by atoms with Crippen LogP contribution in [0.1, 0.15) is 35.6 Å². The summed E-state index contributed by atoms with van der Waals surface area (Å²) in [5, 5.41) is 10.6. The molecule has 1 aromatic carbocycles. The molecule has 0 fully saturated rings. The van der Waals surface area contributed by atoms with Gasteiger partial charge in [-0.2, -0.15) is 0 Å². The summed E-state index contributed by atoms with van der Waals surface area (Å²) >= 11 is 6.18. The molecule has 0 saturated heterocycles. The summed E-state index contributed by atoms with van der Waals surface area (Å²) in [5.41, 5.74) is 8.90. The standard InChI is InChI=1S/C12H16ClNO/c13-11-7-9(12(15)4-5-14)6-8-2-1-3-10(8)11/h6-7,12,15H,1-5,14H2. The van der Waals surface area contributed by atoms with Gasteiger partial charge >= 0.3 is 0 Å². The number of halogens is 1. The Labute approximate surface area is 95.1 Å². The molecule has 0 radical (unpaired) electrons. The topological polar surface area (TPSA) is 46.2 Å². The van der Waals surface area contributed by atoms with Gasteiger partial charge in [0.1, 0.15) is 0 Å². The van der Waals surface area contributed by atoms with Crippen LogP contribution in [0.2, 0.25) is 5.02 Å². The Morgan fingerprint density at radius 3 is 2.93 bits per heavy atom. The molecule has 1 aromatic rings. The molecule has 0 bridgehead atoms. The number of rotatable bonds is 3. The minimum atomic E-state index is -0.474. The largest absolute Gasteiger partial charge is 0.388 e. The molecule has 3 heteroatoms. The number of hydrogen-bond acceptors (Lipinski definition) is 2. The van der Waals surface area contributed by atoms with Gasteiger partial charge in [0.2, 0.25) is 0 Å². The molecule has 2 nitrogen and oxygen atoms in total. The second-order valence-electron chi connectivity index (χ2n) is 4.09. The van der Waals surface area contributed by atoms with E-state index in [1.165, 1.54) is 17.5 Å². The van der Waals surface area contributed by atoms with E-state index in [2.05, 4.69) is 6.07 Å². The van der Waals surface area contributed by atoms with Gasteiger partial charge in [-0.25, -0.2) is 0 Å². The van der Waals surface area contributed by atoms with Crippen LogP contribution >= 0.6 is 11.6 Å². The van der Waals surface area contributed by atoms with Crippen molar-refractivity contribution in [3.05, 3.63) is 33.8 Å². The molecule has 0 saturated carbocycles. The quantitative estimate of drug-likeness (QED) is 0.829. The lowest BCUT2D eigenvalue weighted by molar-refractivity contribution is 0.170. The van der Waals surface area contributed by atoms with Gasteiger partial charge in [-0.05, 0) is 55.0 Å². The van der Waals surface area contributed by atoms with Crippen molar-refractivity contribution in [3.63, 3.8) is 0 Å². The van der Waals surface area contributed by atoms with Crippen molar-refractivity contribution >= 4 is 11.6 Å². The van der Waals surface area contributed by atoms with Gasteiger partial charge in [-0.3, -0.25) is 0 Å². The van der Waals surface area contributed by atoms with Gasteiger partial charge in [0.15, 0.2) is 0 Å². The molecule has 1 aliphatic carbocycles. The lowest BCUT2D eigenvalue weighted by Gasteiger charge is -2.12. The molecule has 0 aliphatic heterocycles. The number of fused-ring (bicyclic) bond motifs is 1. The van der Waals surface area contributed by atoms with Crippen LogP contribution in [-0.4, -0.2) is 11.7 Å². The van der Waals surface area contributed by atoms with E-state index in [1.807, 2.05) is 6.07 Å². The molecule has 0 aromatic heterocycles. The van der Waals surface area contributed by atoms with E-state index < -0.39 is 6.10 Å². The predicted molar refractivity (Wildman–Crippen MR) is 62.1 cm³/mol. The SMILES string of the molecule is NCCC(O)c1cc(Cl)c2c(c1)CCC2. The molecular formula is C12H16ClNO. The van der Waals surface area contributed by atoms with E-state index in [0.29, 0.717) is 13.0 Å². The van der Waals surface area contributed by atoms with Crippen LogP contribution in [0.5, 0.6) is 0 Å². The Bertz CT molecular complexity index is 365. The van der Waals surface area contributed by atoms with Crippen LogP contribution < -0.4 is 5.73 Å². The lowest BCUT2D eigenvalue weighted by atomic mass is 10.0. The highest BCUT2D eigenvalue weighted by Crippen LogP contribution is 2.32. The van der Waals surface area contributed by atoms with Crippen molar-refractivity contribution in [1.29, 1.82) is 0 Å². The summed E-state index contributed by atoms with van der Waals surface area (Å²) in [5.74, 6) is 0. The zero-order valence-electron chi connectivity index (χ0n) is 8.67. The fourth-order valence-electron chi connectivity index (χ4n) is 2.19. The highest BCUT2D eigenvalue weighted by molar-refractivity contribution is 6.31. The molecule has 3 N–H and O–H groups in total. The van der Waals surface area contributed by atoms with Crippen LogP contribution in [-0.2, 0) is 12.8 Å². The average Bonchev–Trinajstić information content (AvgIpc) is 2.66. The monoisotopic (exact) mass is 225 g/mol. The first-order valence-electron chi connectivity index (χ1n) is 5.41. The molecule has 0 heterocycles. The summed E-state index contributed by atoms with van der Waals surface area (Å²) < 4.78 is 0. The number of benzene rings is 1. The summed E-state index contributed by atoms with van der Waals surface area (Å²) in [6, 6.07) is 3.96. The number of aryl methyl sites for hydroxylation is 1. The summed E-state index contributed by atoms with van der Waals surface area (Å²) in [4.78, 5) is 0. The predicted octanol–water partition coefficient (Wildman–Crippen LogP) is 2.21. The highest BCUT2D eigenvalue weighted by atomic mass is 35.5. The van der Waals surface area contributed by atoms with Crippen molar-refractivity contribution in [2.24, 2.45) is 5.73 Å². The van der Waals surface area contributed by atoms with Crippen molar-refractivity contribution in [2.75, 3.05) is 6.54 Å². The number of nitrogens with two attached hydrogens (primary N) is 1. The summed E-state index contributed by atoms with van der Waals surface area (Å²) in [6.07, 6.45) is 3.44. The molecule has 1 atom stereocenters. The van der Waals surface area contributed by atoms with Gasteiger partial charge in [0.05, 0.1) is 6.10 Å². The van der Waals surface area contributed by atoms with E-state index in [0.717, 1.165) is 23.4 Å². The van der Waals surface area contributed by atoms with E-state index in [9.17, 15) is 5.11 Å². The Balaban J connectivity index is 2.30. The van der Waals surface area contributed by atoms with Crippen LogP contribution in [0.4, 0.5) is 0 Å². The Kier molecular flexibility index (Phi) is 3.29. The van der Waals surface area contributed by atoms with E-state index >= 15 is 0 Å². The van der Waals surface area contributed by atoms with Crippen molar-refractivity contribution in [1.82, 2.24) is 0 Å². The third-order valence-electron chi connectivity index (χ3n) is 3.01. The molecule has 1 unspecified atom stereocenters. The van der Waals surface area contributed by atoms with E-state index in [1.54, 1.807) is 0 Å². The second-order valence-corrected chi connectivity index (χ2v) is 4.49. The molecule has 2 rings (SSSR count). The summed E-state index contributed by atoms with van der Waals surface area (Å²) in [7, 11) is 0. The zero-order valence-corrected chi connectivity index (χ0v) is 9.43. The molecule has 0 amide bonds. The Morgan fingerprint density at radius 1 is 1.40 bits per heavy atom. The minimum Gasteiger partial charge on any atom is -0.388 e. The first kappa shape index (κ1) is 10.9. The van der Waals surface area contributed by atoms with Crippen LogP contribution in [0.25, 0.3) is 0 Å². The fraction of sp³-hybridized carbons (Fsp3) is 0.500. The summed E-state index contributed by atoms with van der Waals surface area (Å²) in [6.45, 7) is 0.496. The van der Waals surface area contributed by atoms with E-state index in [4.69, 9.17) is 17.3 Å². The zero-order chi connectivity index (χ0) is 10.8. The smallest absolute Gasteiger partial charge is 0.0802 e. The number of aliphatic hydroxyl groups excluding tert-OH is 1. The highest BCUT2D eigenvalue weighted by Gasteiger charge is 2.17. The van der Waals surface area contributed by atoms with Crippen LogP contribution in [0, 0.1) is 0 Å². The maximum absolute atomic E-state index is 9.84. The molecule has 82 valence electrons. The fourth-order valence-corrected chi connectivity index (χ4v) is 2.53. The average molecular weight is 226 g/mol. The first-order valence-corrected chi connectivity index (χ1v) is 5.79. The van der Waals surface area contributed by atoms with Crippen LogP contribution in [0.15, 0.2) is 12.1 Å². The normalized spacial score (nSPS) is 16.5. The Hall–Kier alpha value is -0.570. The Morgan fingerprint density at radius 2 is 2.20 bits per heavy atom. The molecule has 15 heavy (non-hydrogen) atoms. The lowest BCUT2D eigenvalue weighted by Crippen LogP contribution is -2.07. The number of aliphatic hydroxyl groups is 1. The first-order chi connectivity index (χ1) is 7.22. The molecule has 0 spiro atoms. The third-order valence-corrected chi connectivity index (χ3v) is 3.35. The van der Waals surface area contributed by atoms with E-state index in [-0.39, 0.29) is 0 Å². The van der Waals surface area contributed by atoms with Gasteiger partial charge in [-0.15, -0.1) is 0 Å². The van der Waals surface area contributed by atoms with Crippen LogP contribution in [0.3, 0.4) is 0 Å². The van der Waals surface area contributed by atoms with Gasteiger partial charge < -0.3 is 10.8 Å². The van der Waals surface area contributed by atoms with Crippen molar-refractivity contribution < 1.29 is 5.11 Å². The van der Waals surface area contributed by atoms with Crippen molar-refractivity contribution in [3.8, 4) is 0 Å². The minimum absolute atomic E-state index is 0.474. The number of hydrogen-bond donors (Lipinski definition) is 2.